The fraction of sp³-hybridized carbons (Fsp3) is 0.421. The summed E-state index contributed by atoms with van der Waals surface area (Å²) >= 11 is 0. The van der Waals surface area contributed by atoms with E-state index in [-0.39, 0.29) is 11.9 Å². The summed E-state index contributed by atoms with van der Waals surface area (Å²) in [5, 5.41) is 3.15. The van der Waals surface area contributed by atoms with Crippen LogP contribution in [-0.4, -0.2) is 40.0 Å². The van der Waals surface area contributed by atoms with E-state index in [2.05, 4.69) is 32.3 Å². The van der Waals surface area contributed by atoms with Crippen molar-refractivity contribution < 1.29 is 9.53 Å². The van der Waals surface area contributed by atoms with Crippen molar-refractivity contribution >= 4 is 5.91 Å². The molecule has 0 radical (unpaired) electrons. The Kier molecular flexibility index (Phi) is 4.36. The van der Waals surface area contributed by atoms with Gasteiger partial charge in [-0.1, -0.05) is 24.3 Å². The van der Waals surface area contributed by atoms with Crippen LogP contribution in [0.4, 0.5) is 0 Å². The molecule has 6 nitrogen and oxygen atoms in total. The maximum atomic E-state index is 12.8. The van der Waals surface area contributed by atoms with E-state index < -0.39 is 0 Å². The van der Waals surface area contributed by atoms with Gasteiger partial charge in [-0.3, -0.25) is 14.7 Å². The molecule has 1 N–H and O–H groups in total. The summed E-state index contributed by atoms with van der Waals surface area (Å²) in [6.07, 6.45) is 6.24. The third-order valence-corrected chi connectivity index (χ3v) is 4.81. The van der Waals surface area contributed by atoms with Crippen LogP contribution in [0.15, 0.2) is 36.7 Å². The standard InChI is InChI=1S/C19H22N4O2/c1-25-18-10-20-9-16(21-18)12-23-11-14-5-3-2-4-13(14)8-17(23)19(24)22-15-6-7-15/h2-5,9-10,15,17H,6-8,11-12H2,1H3,(H,22,24)/t17-/m0/s1. The average Bonchev–Trinajstić information content (AvgIpc) is 3.45. The van der Waals surface area contributed by atoms with E-state index in [1.165, 1.54) is 11.1 Å². The number of amides is 1. The number of benzene rings is 1. The van der Waals surface area contributed by atoms with E-state index in [0.717, 1.165) is 31.5 Å². The first-order valence-corrected chi connectivity index (χ1v) is 8.69. The SMILES string of the molecule is COc1cncc(CN2Cc3ccccc3C[C@H]2C(=O)NC2CC2)n1. The Morgan fingerprint density at radius 2 is 2.08 bits per heavy atom. The van der Waals surface area contributed by atoms with Crippen molar-refractivity contribution in [3.05, 3.63) is 53.5 Å². The zero-order valence-corrected chi connectivity index (χ0v) is 14.3. The second kappa shape index (κ2) is 6.80. The molecular formula is C19H22N4O2. The second-order valence-corrected chi connectivity index (χ2v) is 6.73. The maximum Gasteiger partial charge on any atom is 0.237 e. The fourth-order valence-corrected chi connectivity index (χ4v) is 3.30. The van der Waals surface area contributed by atoms with Crippen molar-refractivity contribution in [1.82, 2.24) is 20.2 Å². The molecule has 130 valence electrons. The molecule has 2 aromatic rings. The molecule has 1 atom stereocenters. The van der Waals surface area contributed by atoms with Crippen LogP contribution in [0.2, 0.25) is 0 Å². The first-order chi connectivity index (χ1) is 12.2. The van der Waals surface area contributed by atoms with Crippen molar-refractivity contribution in [2.24, 2.45) is 0 Å². The van der Waals surface area contributed by atoms with Gasteiger partial charge in [0.2, 0.25) is 11.8 Å². The Labute approximate surface area is 147 Å². The molecule has 4 rings (SSSR count). The minimum atomic E-state index is -0.177. The molecule has 1 fully saturated rings. The first kappa shape index (κ1) is 16.0. The summed E-state index contributed by atoms with van der Waals surface area (Å²) in [6, 6.07) is 8.53. The first-order valence-electron chi connectivity index (χ1n) is 8.69. The van der Waals surface area contributed by atoms with E-state index >= 15 is 0 Å². The molecule has 1 aromatic heterocycles. The highest BCUT2D eigenvalue weighted by Gasteiger charge is 2.34. The molecule has 2 aliphatic rings. The molecule has 1 aromatic carbocycles. The number of methoxy groups -OCH3 is 1. The minimum absolute atomic E-state index is 0.118. The molecule has 0 unspecified atom stereocenters. The van der Waals surface area contributed by atoms with Gasteiger partial charge in [-0.2, -0.15) is 0 Å². The second-order valence-electron chi connectivity index (χ2n) is 6.73. The lowest BCUT2D eigenvalue weighted by Crippen LogP contribution is -2.50. The van der Waals surface area contributed by atoms with Crippen molar-refractivity contribution in [1.29, 1.82) is 0 Å². The number of nitrogens with one attached hydrogen (secondary N) is 1. The van der Waals surface area contributed by atoms with Gasteiger partial charge in [-0.25, -0.2) is 4.98 Å². The summed E-state index contributed by atoms with van der Waals surface area (Å²) < 4.78 is 5.16. The molecule has 0 saturated heterocycles. The van der Waals surface area contributed by atoms with E-state index in [0.29, 0.717) is 18.5 Å². The number of nitrogens with zero attached hydrogens (tertiary/aromatic N) is 3. The number of ether oxygens (including phenoxy) is 1. The van der Waals surface area contributed by atoms with Crippen molar-refractivity contribution in [2.75, 3.05) is 7.11 Å². The van der Waals surface area contributed by atoms with Crippen molar-refractivity contribution in [3.8, 4) is 5.88 Å². The Morgan fingerprint density at radius 3 is 2.84 bits per heavy atom. The molecule has 6 heteroatoms. The lowest BCUT2D eigenvalue weighted by Gasteiger charge is -2.35. The molecule has 1 aliphatic heterocycles. The Balaban J connectivity index is 1.58. The predicted octanol–water partition coefficient (Wildman–Crippen LogP) is 1.69. The van der Waals surface area contributed by atoms with Crippen LogP contribution in [0.25, 0.3) is 0 Å². The smallest absolute Gasteiger partial charge is 0.237 e. The summed E-state index contributed by atoms with van der Waals surface area (Å²) in [5.41, 5.74) is 3.34. The maximum absolute atomic E-state index is 12.8. The molecule has 1 amide bonds. The van der Waals surface area contributed by atoms with Gasteiger partial charge >= 0.3 is 0 Å². The monoisotopic (exact) mass is 338 g/mol. The van der Waals surface area contributed by atoms with Crippen LogP contribution in [0.5, 0.6) is 5.88 Å². The van der Waals surface area contributed by atoms with Gasteiger partial charge in [0.25, 0.3) is 0 Å². The van der Waals surface area contributed by atoms with E-state index in [1.807, 2.05) is 12.1 Å². The number of fused-ring (bicyclic) bond motifs is 1. The van der Waals surface area contributed by atoms with E-state index in [1.54, 1.807) is 19.5 Å². The highest BCUT2D eigenvalue weighted by Crippen LogP contribution is 2.26. The number of carbonyl (C=O) groups is 1. The Bertz CT molecular complexity index is 776. The van der Waals surface area contributed by atoms with Gasteiger partial charge in [0.15, 0.2) is 0 Å². The van der Waals surface area contributed by atoms with Gasteiger partial charge in [0, 0.05) is 25.3 Å². The quantitative estimate of drug-likeness (QED) is 0.899. The zero-order chi connectivity index (χ0) is 17.2. The highest BCUT2D eigenvalue weighted by atomic mass is 16.5. The number of aromatic nitrogens is 2. The fourth-order valence-electron chi connectivity index (χ4n) is 3.30. The molecule has 1 saturated carbocycles. The summed E-state index contributed by atoms with van der Waals surface area (Å²) in [6.45, 7) is 1.30. The predicted molar refractivity (Wildman–Crippen MR) is 92.9 cm³/mol. The number of carbonyl (C=O) groups excluding carboxylic acids is 1. The molecule has 1 aliphatic carbocycles. The minimum Gasteiger partial charge on any atom is -0.480 e. The third kappa shape index (κ3) is 3.64. The molecule has 2 heterocycles. The van der Waals surface area contributed by atoms with Gasteiger partial charge in [0.05, 0.1) is 25.0 Å². The topological polar surface area (TPSA) is 67.3 Å². The van der Waals surface area contributed by atoms with Crippen LogP contribution in [-0.2, 0) is 24.3 Å². The van der Waals surface area contributed by atoms with Gasteiger partial charge < -0.3 is 10.1 Å². The lowest BCUT2D eigenvalue weighted by molar-refractivity contribution is -0.127. The van der Waals surface area contributed by atoms with Gasteiger partial charge in [-0.15, -0.1) is 0 Å². The third-order valence-electron chi connectivity index (χ3n) is 4.81. The van der Waals surface area contributed by atoms with Crippen LogP contribution < -0.4 is 10.1 Å². The van der Waals surface area contributed by atoms with Crippen LogP contribution >= 0.6 is 0 Å². The summed E-state index contributed by atoms with van der Waals surface area (Å²) in [4.78, 5) is 23.6. The normalized spacial score (nSPS) is 20.0. The molecule has 25 heavy (non-hydrogen) atoms. The molecule has 0 spiro atoms. The average molecular weight is 338 g/mol. The summed E-state index contributed by atoms with van der Waals surface area (Å²) in [5.74, 6) is 0.613. The van der Waals surface area contributed by atoms with Crippen LogP contribution in [0.3, 0.4) is 0 Å². The summed E-state index contributed by atoms with van der Waals surface area (Å²) in [7, 11) is 1.58. The van der Waals surface area contributed by atoms with Crippen LogP contribution in [0.1, 0.15) is 29.7 Å². The van der Waals surface area contributed by atoms with Gasteiger partial charge in [-0.05, 0) is 30.4 Å². The van der Waals surface area contributed by atoms with E-state index in [9.17, 15) is 4.79 Å². The largest absolute Gasteiger partial charge is 0.480 e. The molecule has 0 bridgehead atoms. The van der Waals surface area contributed by atoms with E-state index in [4.69, 9.17) is 4.74 Å². The number of hydrogen-bond donors (Lipinski definition) is 1. The Morgan fingerprint density at radius 1 is 1.28 bits per heavy atom. The number of hydrogen-bond acceptors (Lipinski definition) is 5. The van der Waals surface area contributed by atoms with Crippen molar-refractivity contribution in [2.45, 2.75) is 44.4 Å². The number of rotatable bonds is 5. The highest BCUT2D eigenvalue weighted by molar-refractivity contribution is 5.83. The Hall–Kier alpha value is -2.47. The lowest BCUT2D eigenvalue weighted by atomic mass is 9.93. The zero-order valence-electron chi connectivity index (χ0n) is 14.3. The van der Waals surface area contributed by atoms with Gasteiger partial charge in [0.1, 0.15) is 0 Å². The molecular weight excluding hydrogens is 316 g/mol. The van der Waals surface area contributed by atoms with Crippen LogP contribution in [0, 0.1) is 0 Å². The van der Waals surface area contributed by atoms with Crippen molar-refractivity contribution in [3.63, 3.8) is 0 Å².